The number of benzene rings is 1. The van der Waals surface area contributed by atoms with Crippen molar-refractivity contribution in [3.05, 3.63) is 28.2 Å². The molecule has 28 heavy (non-hydrogen) atoms. The molecule has 7 nitrogen and oxygen atoms in total. The number of methoxy groups -OCH3 is 1. The fourth-order valence-electron chi connectivity index (χ4n) is 3.82. The third-order valence-corrected chi connectivity index (χ3v) is 5.39. The summed E-state index contributed by atoms with van der Waals surface area (Å²) in [6.45, 7) is 4.89. The minimum atomic E-state index is -1.69. The monoisotopic (exact) mass is 456 g/mol. The summed E-state index contributed by atoms with van der Waals surface area (Å²) in [4.78, 5) is 38.4. The lowest BCUT2D eigenvalue weighted by atomic mass is 9.61. The maximum absolute atomic E-state index is 12.9. The van der Waals surface area contributed by atoms with Gasteiger partial charge < -0.3 is 19.3 Å². The first-order valence-electron chi connectivity index (χ1n) is 9.09. The fourth-order valence-corrected chi connectivity index (χ4v) is 4.20. The van der Waals surface area contributed by atoms with Crippen LogP contribution in [0.4, 0.5) is 0 Å². The Bertz CT molecular complexity index is 759. The number of aliphatic hydroxyl groups is 1. The van der Waals surface area contributed by atoms with Crippen LogP contribution in [0.5, 0.6) is 5.75 Å². The number of Topliss-reactive ketones (excluding diaryl/α,β-unsaturated/α-hetero) is 1. The molecule has 0 heterocycles. The zero-order valence-electron chi connectivity index (χ0n) is 16.4. The number of rotatable bonds is 6. The summed E-state index contributed by atoms with van der Waals surface area (Å²) >= 11 is 3.38. The van der Waals surface area contributed by atoms with E-state index in [0.717, 1.165) is 0 Å². The molecule has 1 fully saturated rings. The number of carbonyl (C=O) groups is 3. The molecule has 0 amide bonds. The molecule has 1 aromatic rings. The van der Waals surface area contributed by atoms with E-state index < -0.39 is 41.1 Å². The number of carbonyl (C=O) groups excluding carboxylic acids is 3. The highest BCUT2D eigenvalue weighted by Crippen LogP contribution is 2.49. The Morgan fingerprint density at radius 2 is 1.82 bits per heavy atom. The molecule has 154 valence electrons. The van der Waals surface area contributed by atoms with Gasteiger partial charge in [0.1, 0.15) is 11.7 Å². The first-order valence-corrected chi connectivity index (χ1v) is 9.89. The van der Waals surface area contributed by atoms with Crippen LogP contribution in [-0.4, -0.2) is 48.8 Å². The van der Waals surface area contributed by atoms with Gasteiger partial charge in [0.25, 0.3) is 0 Å². The highest BCUT2D eigenvalue weighted by Gasteiger charge is 2.57. The lowest BCUT2D eigenvalue weighted by Gasteiger charge is -2.43. The van der Waals surface area contributed by atoms with Gasteiger partial charge in [0.15, 0.2) is 5.78 Å². The van der Waals surface area contributed by atoms with Crippen molar-refractivity contribution in [2.45, 2.75) is 38.7 Å². The number of ether oxygens (including phenoxy) is 3. The molecule has 1 N–H and O–H groups in total. The van der Waals surface area contributed by atoms with E-state index in [9.17, 15) is 19.5 Å². The number of hydrogen-bond donors (Lipinski definition) is 1. The second-order valence-electron chi connectivity index (χ2n) is 6.87. The molecule has 0 radical (unpaired) electrons. The van der Waals surface area contributed by atoms with Crippen LogP contribution >= 0.6 is 15.9 Å². The smallest absolute Gasteiger partial charge is 0.317 e. The standard InChI is InChI=1S/C20H25BrO7/c1-5-27-18(23)16-13(22)10-20(3,25)17(19(24)28-6-2)15(16)12-9-11(21)7-8-14(12)26-4/h7-9,15-17,25H,5-6,10H2,1-4H3/t15-,16-,17-,20+/m1/s1. The Labute approximate surface area is 172 Å². The van der Waals surface area contributed by atoms with Crippen LogP contribution < -0.4 is 4.74 Å². The minimum Gasteiger partial charge on any atom is -0.496 e. The van der Waals surface area contributed by atoms with Crippen LogP contribution in [0, 0.1) is 11.8 Å². The van der Waals surface area contributed by atoms with Crippen molar-refractivity contribution in [3.8, 4) is 5.75 Å². The van der Waals surface area contributed by atoms with Gasteiger partial charge >= 0.3 is 11.9 Å². The van der Waals surface area contributed by atoms with E-state index >= 15 is 0 Å². The molecule has 0 aromatic heterocycles. The second kappa shape index (κ2) is 9.05. The van der Waals surface area contributed by atoms with Crippen molar-refractivity contribution in [1.29, 1.82) is 0 Å². The molecule has 8 heteroatoms. The molecular formula is C20H25BrO7. The van der Waals surface area contributed by atoms with Crippen molar-refractivity contribution in [2.24, 2.45) is 11.8 Å². The summed E-state index contributed by atoms with van der Waals surface area (Å²) in [5, 5.41) is 11.0. The van der Waals surface area contributed by atoms with Crippen LogP contribution in [0.25, 0.3) is 0 Å². The van der Waals surface area contributed by atoms with Crippen molar-refractivity contribution < 1.29 is 33.7 Å². The Morgan fingerprint density at radius 1 is 1.21 bits per heavy atom. The van der Waals surface area contributed by atoms with Gasteiger partial charge in [-0.25, -0.2) is 0 Å². The predicted octanol–water partition coefficient (Wildman–Crippen LogP) is 2.62. The SMILES string of the molecule is CCOC(=O)[C@@H]1C(=O)C[C@](C)(O)[C@@H](C(=O)OCC)[C@@H]1c1cc(Br)ccc1OC. The minimum absolute atomic E-state index is 0.0887. The molecule has 2 rings (SSSR count). The first kappa shape index (κ1) is 22.4. The number of hydrogen-bond acceptors (Lipinski definition) is 7. The van der Waals surface area contributed by atoms with Crippen LogP contribution in [-0.2, 0) is 23.9 Å². The molecule has 0 unspecified atom stereocenters. The molecule has 1 aromatic carbocycles. The molecule has 1 aliphatic rings. The van der Waals surface area contributed by atoms with E-state index in [-0.39, 0.29) is 19.6 Å². The molecule has 0 saturated heterocycles. The topological polar surface area (TPSA) is 99.1 Å². The summed E-state index contributed by atoms with van der Waals surface area (Å²) in [5.74, 6) is -4.91. The largest absolute Gasteiger partial charge is 0.496 e. The zero-order chi connectivity index (χ0) is 21.1. The molecule has 0 spiro atoms. The van der Waals surface area contributed by atoms with Gasteiger partial charge in [-0.15, -0.1) is 0 Å². The fraction of sp³-hybridized carbons (Fsp3) is 0.550. The van der Waals surface area contributed by atoms with Crippen molar-refractivity contribution in [2.75, 3.05) is 20.3 Å². The zero-order valence-corrected chi connectivity index (χ0v) is 17.9. The van der Waals surface area contributed by atoms with Gasteiger partial charge in [-0.1, -0.05) is 15.9 Å². The molecule has 4 atom stereocenters. The highest BCUT2D eigenvalue weighted by atomic mass is 79.9. The lowest BCUT2D eigenvalue weighted by molar-refractivity contribution is -0.172. The van der Waals surface area contributed by atoms with Gasteiger partial charge in [-0.05, 0) is 39.0 Å². The molecule has 1 saturated carbocycles. The summed E-state index contributed by atoms with van der Waals surface area (Å²) < 4.78 is 16.4. The average Bonchev–Trinajstić information content (AvgIpc) is 2.60. The maximum Gasteiger partial charge on any atom is 0.317 e. The number of ketones is 1. The maximum atomic E-state index is 12.9. The Hall–Kier alpha value is -1.93. The molecule has 0 bridgehead atoms. The van der Waals surface area contributed by atoms with Crippen LogP contribution in [0.3, 0.4) is 0 Å². The Balaban J connectivity index is 2.73. The van der Waals surface area contributed by atoms with Crippen molar-refractivity contribution >= 4 is 33.7 Å². The lowest BCUT2D eigenvalue weighted by Crippen LogP contribution is -2.55. The third kappa shape index (κ3) is 4.38. The van der Waals surface area contributed by atoms with E-state index in [1.165, 1.54) is 14.0 Å². The van der Waals surface area contributed by atoms with Gasteiger partial charge in [-0.3, -0.25) is 14.4 Å². The van der Waals surface area contributed by atoms with Crippen molar-refractivity contribution in [1.82, 2.24) is 0 Å². The van der Waals surface area contributed by atoms with Crippen LogP contribution in [0.15, 0.2) is 22.7 Å². The summed E-state index contributed by atoms with van der Waals surface area (Å²) in [6, 6.07) is 5.08. The van der Waals surface area contributed by atoms with Crippen LogP contribution in [0.1, 0.15) is 38.7 Å². The first-order chi connectivity index (χ1) is 13.2. The highest BCUT2D eigenvalue weighted by molar-refractivity contribution is 9.10. The van der Waals surface area contributed by atoms with Gasteiger partial charge in [0.2, 0.25) is 0 Å². The van der Waals surface area contributed by atoms with E-state index in [0.29, 0.717) is 15.8 Å². The predicted molar refractivity (Wildman–Crippen MR) is 104 cm³/mol. The second-order valence-corrected chi connectivity index (χ2v) is 7.79. The summed E-state index contributed by atoms with van der Waals surface area (Å²) in [7, 11) is 1.45. The summed E-state index contributed by atoms with van der Waals surface area (Å²) in [6.07, 6.45) is -0.354. The quantitative estimate of drug-likeness (QED) is 0.518. The average molecular weight is 457 g/mol. The Morgan fingerprint density at radius 3 is 2.39 bits per heavy atom. The van der Waals surface area contributed by atoms with Crippen molar-refractivity contribution in [3.63, 3.8) is 0 Å². The van der Waals surface area contributed by atoms with Gasteiger partial charge in [-0.2, -0.15) is 0 Å². The van der Waals surface area contributed by atoms with E-state index in [4.69, 9.17) is 14.2 Å². The molecule has 0 aliphatic heterocycles. The van der Waals surface area contributed by atoms with Crippen LogP contribution in [0.2, 0.25) is 0 Å². The molecule has 1 aliphatic carbocycles. The van der Waals surface area contributed by atoms with E-state index in [1.807, 2.05) is 0 Å². The normalized spacial score (nSPS) is 27.2. The van der Waals surface area contributed by atoms with Gasteiger partial charge in [0, 0.05) is 22.4 Å². The Kier molecular flexibility index (Phi) is 7.22. The third-order valence-electron chi connectivity index (χ3n) is 4.90. The van der Waals surface area contributed by atoms with Gasteiger partial charge in [0.05, 0.1) is 31.8 Å². The molecular weight excluding hydrogens is 432 g/mol. The number of esters is 2. The van der Waals surface area contributed by atoms with E-state index in [1.54, 1.807) is 32.0 Å². The van der Waals surface area contributed by atoms with E-state index in [2.05, 4.69) is 15.9 Å². The summed E-state index contributed by atoms with van der Waals surface area (Å²) in [5.41, 5.74) is -1.24. The number of halogens is 1.